The lowest BCUT2D eigenvalue weighted by Crippen LogP contribution is -2.35. The van der Waals surface area contributed by atoms with Crippen molar-refractivity contribution in [2.45, 2.75) is 25.7 Å². The molecular formula is C16H27N5O. The molecule has 0 atom stereocenters. The Bertz CT molecular complexity index is 448. The quantitative estimate of drug-likeness (QED) is 0.637. The van der Waals surface area contributed by atoms with Crippen molar-refractivity contribution in [3.05, 3.63) is 24.8 Å². The molecule has 6 heteroatoms. The zero-order chi connectivity index (χ0) is 15.2. The molecule has 0 unspecified atom stereocenters. The van der Waals surface area contributed by atoms with Gasteiger partial charge in [-0.15, -0.1) is 0 Å². The van der Waals surface area contributed by atoms with E-state index in [9.17, 15) is 0 Å². The minimum absolute atomic E-state index is 0.783. The SMILES string of the molecule is CN1C=CN(CN2C=CN(CCCCCC3=NCCO3)C2)C1. The smallest absolute Gasteiger partial charge is 0.183 e. The van der Waals surface area contributed by atoms with Crippen molar-refractivity contribution in [3.63, 3.8) is 0 Å². The molecule has 0 aromatic carbocycles. The highest BCUT2D eigenvalue weighted by molar-refractivity contribution is 5.77. The third-order valence-corrected chi connectivity index (χ3v) is 4.14. The molecule has 0 fully saturated rings. The Morgan fingerprint density at radius 2 is 1.82 bits per heavy atom. The van der Waals surface area contributed by atoms with Crippen molar-refractivity contribution in [2.24, 2.45) is 4.99 Å². The van der Waals surface area contributed by atoms with E-state index in [1.54, 1.807) is 0 Å². The summed E-state index contributed by atoms with van der Waals surface area (Å²) in [5.41, 5.74) is 0. The fourth-order valence-corrected chi connectivity index (χ4v) is 2.97. The fourth-order valence-electron chi connectivity index (χ4n) is 2.97. The van der Waals surface area contributed by atoms with Crippen LogP contribution in [0.3, 0.4) is 0 Å². The lowest BCUT2D eigenvalue weighted by atomic mass is 10.2. The predicted molar refractivity (Wildman–Crippen MR) is 87.8 cm³/mol. The van der Waals surface area contributed by atoms with Crippen molar-refractivity contribution >= 4 is 5.90 Å². The molecule has 3 heterocycles. The van der Waals surface area contributed by atoms with Gasteiger partial charge >= 0.3 is 0 Å². The highest BCUT2D eigenvalue weighted by atomic mass is 16.5. The van der Waals surface area contributed by atoms with Gasteiger partial charge < -0.3 is 24.3 Å². The molecule has 122 valence electrons. The maximum absolute atomic E-state index is 5.43. The first-order valence-electron chi connectivity index (χ1n) is 8.25. The van der Waals surface area contributed by atoms with Gasteiger partial charge in [-0.3, -0.25) is 4.99 Å². The minimum Gasteiger partial charge on any atom is -0.479 e. The summed E-state index contributed by atoms with van der Waals surface area (Å²) in [6, 6.07) is 0. The van der Waals surface area contributed by atoms with Crippen molar-refractivity contribution < 1.29 is 4.74 Å². The topological polar surface area (TPSA) is 34.5 Å². The van der Waals surface area contributed by atoms with Gasteiger partial charge in [0.25, 0.3) is 0 Å². The molecule has 0 aromatic rings. The Kier molecular flexibility index (Phi) is 5.08. The molecule has 3 aliphatic heterocycles. The Balaban J connectivity index is 1.24. The number of unbranched alkanes of at least 4 members (excludes halogenated alkanes) is 2. The first kappa shape index (κ1) is 15.1. The molecule has 0 bridgehead atoms. The zero-order valence-electron chi connectivity index (χ0n) is 13.5. The molecule has 0 aromatic heterocycles. The Hall–Kier alpha value is -1.85. The van der Waals surface area contributed by atoms with E-state index in [0.29, 0.717) is 0 Å². The van der Waals surface area contributed by atoms with Crippen LogP contribution in [0.2, 0.25) is 0 Å². The summed E-state index contributed by atoms with van der Waals surface area (Å²) >= 11 is 0. The van der Waals surface area contributed by atoms with E-state index in [4.69, 9.17) is 4.74 Å². The van der Waals surface area contributed by atoms with E-state index in [1.807, 2.05) is 0 Å². The summed E-state index contributed by atoms with van der Waals surface area (Å²) < 4.78 is 5.43. The van der Waals surface area contributed by atoms with Crippen LogP contribution in [0.15, 0.2) is 29.8 Å². The van der Waals surface area contributed by atoms with Crippen molar-refractivity contribution in [3.8, 4) is 0 Å². The maximum atomic E-state index is 5.43. The first-order valence-corrected chi connectivity index (χ1v) is 8.25. The van der Waals surface area contributed by atoms with E-state index in [2.05, 4.69) is 56.4 Å². The third-order valence-electron chi connectivity index (χ3n) is 4.14. The van der Waals surface area contributed by atoms with Gasteiger partial charge in [-0.2, -0.15) is 0 Å². The summed E-state index contributed by atoms with van der Waals surface area (Å²) in [6.07, 6.45) is 13.4. The maximum Gasteiger partial charge on any atom is 0.183 e. The van der Waals surface area contributed by atoms with Crippen LogP contribution in [0.1, 0.15) is 25.7 Å². The molecule has 3 aliphatic rings. The molecule has 0 aliphatic carbocycles. The van der Waals surface area contributed by atoms with Crippen LogP contribution in [0, 0.1) is 0 Å². The second-order valence-electron chi connectivity index (χ2n) is 6.20. The van der Waals surface area contributed by atoms with Gasteiger partial charge in [-0.25, -0.2) is 0 Å². The van der Waals surface area contributed by atoms with Crippen molar-refractivity contribution in [1.82, 2.24) is 19.6 Å². The average Bonchev–Trinajstić information content (AvgIpc) is 3.22. The summed E-state index contributed by atoms with van der Waals surface area (Å²) in [7, 11) is 2.10. The summed E-state index contributed by atoms with van der Waals surface area (Å²) in [4.78, 5) is 13.6. The van der Waals surface area contributed by atoms with E-state index in [1.165, 1.54) is 19.3 Å². The highest BCUT2D eigenvalue weighted by Crippen LogP contribution is 2.13. The Morgan fingerprint density at radius 1 is 1.00 bits per heavy atom. The number of hydrogen-bond acceptors (Lipinski definition) is 6. The lowest BCUT2D eigenvalue weighted by Gasteiger charge is -2.26. The highest BCUT2D eigenvalue weighted by Gasteiger charge is 2.16. The van der Waals surface area contributed by atoms with E-state index in [0.717, 1.165) is 52.0 Å². The Labute approximate surface area is 133 Å². The van der Waals surface area contributed by atoms with Gasteiger partial charge in [0.05, 0.1) is 26.6 Å². The second kappa shape index (κ2) is 7.42. The van der Waals surface area contributed by atoms with Crippen molar-refractivity contribution in [2.75, 3.05) is 46.8 Å². The molecule has 0 amide bonds. The van der Waals surface area contributed by atoms with Crippen LogP contribution in [-0.4, -0.2) is 72.2 Å². The normalized spacial score (nSPS) is 20.3. The lowest BCUT2D eigenvalue weighted by molar-refractivity contribution is 0.170. The summed E-state index contributed by atoms with van der Waals surface area (Å²) in [5, 5.41) is 0. The number of aliphatic imine (C=N–C) groups is 1. The largest absolute Gasteiger partial charge is 0.479 e. The van der Waals surface area contributed by atoms with Crippen LogP contribution in [0.4, 0.5) is 0 Å². The number of hydrogen-bond donors (Lipinski definition) is 0. The predicted octanol–water partition coefficient (Wildman–Crippen LogP) is 1.66. The molecule has 0 saturated carbocycles. The second-order valence-corrected chi connectivity index (χ2v) is 6.20. The van der Waals surface area contributed by atoms with E-state index < -0.39 is 0 Å². The molecule has 22 heavy (non-hydrogen) atoms. The van der Waals surface area contributed by atoms with Gasteiger partial charge in [0.1, 0.15) is 6.61 Å². The first-order chi connectivity index (χ1) is 10.8. The molecule has 0 radical (unpaired) electrons. The number of nitrogens with zero attached hydrogens (tertiary/aromatic N) is 5. The van der Waals surface area contributed by atoms with Crippen LogP contribution in [0.5, 0.6) is 0 Å². The standard InChI is InChI=1S/C16H27N5O/c1-18-8-9-20(13-18)15-21-11-10-19(14-21)7-4-2-3-5-16-17-6-12-22-16/h8-11H,2-7,12-15H2,1H3. The summed E-state index contributed by atoms with van der Waals surface area (Å²) in [5.74, 6) is 0.968. The molecule has 0 N–H and O–H groups in total. The van der Waals surface area contributed by atoms with Crippen LogP contribution < -0.4 is 0 Å². The molecule has 0 saturated heterocycles. The Morgan fingerprint density at radius 3 is 2.59 bits per heavy atom. The van der Waals surface area contributed by atoms with Gasteiger partial charge in [0.2, 0.25) is 0 Å². The van der Waals surface area contributed by atoms with Gasteiger partial charge in [0.15, 0.2) is 5.90 Å². The molecule has 3 rings (SSSR count). The van der Waals surface area contributed by atoms with Gasteiger partial charge in [0, 0.05) is 44.8 Å². The van der Waals surface area contributed by atoms with Crippen molar-refractivity contribution in [1.29, 1.82) is 0 Å². The minimum atomic E-state index is 0.783. The fraction of sp³-hybridized carbons (Fsp3) is 0.688. The van der Waals surface area contributed by atoms with Gasteiger partial charge in [-0.1, -0.05) is 6.42 Å². The molecule has 6 nitrogen and oxygen atoms in total. The molecular weight excluding hydrogens is 278 g/mol. The number of rotatable bonds is 8. The van der Waals surface area contributed by atoms with E-state index >= 15 is 0 Å². The monoisotopic (exact) mass is 305 g/mol. The van der Waals surface area contributed by atoms with E-state index in [-0.39, 0.29) is 0 Å². The van der Waals surface area contributed by atoms with Gasteiger partial charge in [-0.05, 0) is 12.8 Å². The molecule has 0 spiro atoms. The number of ether oxygens (including phenoxy) is 1. The van der Waals surface area contributed by atoms with Crippen LogP contribution >= 0.6 is 0 Å². The summed E-state index contributed by atoms with van der Waals surface area (Å²) in [6.45, 7) is 5.72. The van der Waals surface area contributed by atoms with Crippen LogP contribution in [0.25, 0.3) is 0 Å². The zero-order valence-corrected chi connectivity index (χ0v) is 13.5. The van der Waals surface area contributed by atoms with Crippen LogP contribution in [-0.2, 0) is 4.74 Å². The third kappa shape index (κ3) is 4.32. The average molecular weight is 305 g/mol.